The maximum Gasteiger partial charge on any atom is 0.573 e. The third-order valence-corrected chi connectivity index (χ3v) is 1.90. The molecular formula is C8H5F5N2O4. The Balaban J connectivity index is 3.53. The standard InChI is InChI=1S/C8H5F5N2O4/c9-7(10)3-1-14-4(2-16)5(15(17)18)6(3)19-8(11,12)13/h1,7,16H,2H2. The number of aromatic nitrogens is 1. The molecular weight excluding hydrogens is 283 g/mol. The second kappa shape index (κ2) is 5.30. The van der Waals surface area contributed by atoms with Crippen molar-refractivity contribution >= 4 is 5.69 Å². The molecule has 1 N–H and O–H groups in total. The minimum absolute atomic E-state index is 0.282. The van der Waals surface area contributed by atoms with Crippen molar-refractivity contribution in [2.24, 2.45) is 0 Å². The summed E-state index contributed by atoms with van der Waals surface area (Å²) >= 11 is 0. The molecule has 0 bridgehead atoms. The highest BCUT2D eigenvalue weighted by Gasteiger charge is 2.39. The second-order valence-electron chi connectivity index (χ2n) is 3.10. The molecule has 19 heavy (non-hydrogen) atoms. The largest absolute Gasteiger partial charge is 0.573 e. The van der Waals surface area contributed by atoms with E-state index in [0.717, 1.165) is 0 Å². The number of rotatable bonds is 4. The maximum atomic E-state index is 12.5. The first kappa shape index (κ1) is 15.0. The summed E-state index contributed by atoms with van der Waals surface area (Å²) in [5.74, 6) is -1.67. The van der Waals surface area contributed by atoms with Gasteiger partial charge in [-0.15, -0.1) is 13.2 Å². The van der Waals surface area contributed by atoms with Gasteiger partial charge in [-0.25, -0.2) is 8.78 Å². The maximum absolute atomic E-state index is 12.5. The van der Waals surface area contributed by atoms with Crippen molar-refractivity contribution in [3.63, 3.8) is 0 Å². The number of aliphatic hydroxyl groups is 1. The number of pyridine rings is 1. The number of nitro groups is 1. The minimum atomic E-state index is -5.40. The van der Waals surface area contributed by atoms with Crippen LogP contribution in [0.3, 0.4) is 0 Å². The van der Waals surface area contributed by atoms with Gasteiger partial charge in [0.05, 0.1) is 17.1 Å². The van der Waals surface area contributed by atoms with E-state index >= 15 is 0 Å². The third-order valence-electron chi connectivity index (χ3n) is 1.90. The topological polar surface area (TPSA) is 85.5 Å². The average Bonchev–Trinajstić information content (AvgIpc) is 2.25. The van der Waals surface area contributed by atoms with Crippen LogP contribution in [-0.2, 0) is 6.61 Å². The fourth-order valence-corrected chi connectivity index (χ4v) is 1.22. The minimum Gasteiger partial charge on any atom is -0.398 e. The lowest BCUT2D eigenvalue weighted by Crippen LogP contribution is -2.20. The average molecular weight is 288 g/mol. The molecule has 0 amide bonds. The number of hydrogen-bond acceptors (Lipinski definition) is 5. The number of halogens is 5. The molecule has 1 aromatic heterocycles. The summed E-state index contributed by atoms with van der Waals surface area (Å²) in [4.78, 5) is 12.4. The van der Waals surface area contributed by atoms with Crippen molar-refractivity contribution < 1.29 is 36.7 Å². The molecule has 0 aliphatic carbocycles. The Bertz CT molecular complexity index is 491. The predicted molar refractivity (Wildman–Crippen MR) is 48.5 cm³/mol. The molecule has 1 heterocycles. The first-order chi connectivity index (χ1) is 8.67. The molecule has 0 saturated heterocycles. The summed E-state index contributed by atoms with van der Waals surface area (Å²) < 4.78 is 64.5. The summed E-state index contributed by atoms with van der Waals surface area (Å²) in [6, 6.07) is 0. The fourth-order valence-electron chi connectivity index (χ4n) is 1.22. The zero-order valence-corrected chi connectivity index (χ0v) is 8.82. The Morgan fingerprint density at radius 2 is 2.05 bits per heavy atom. The van der Waals surface area contributed by atoms with E-state index in [1.54, 1.807) is 0 Å². The van der Waals surface area contributed by atoms with Crippen LogP contribution in [0.1, 0.15) is 17.7 Å². The van der Waals surface area contributed by atoms with E-state index in [2.05, 4.69) is 9.72 Å². The molecule has 0 aliphatic heterocycles. The number of aliphatic hydroxyl groups excluding tert-OH is 1. The number of alkyl halides is 5. The van der Waals surface area contributed by atoms with Crippen molar-refractivity contribution in [1.82, 2.24) is 4.98 Å². The fraction of sp³-hybridized carbons (Fsp3) is 0.375. The van der Waals surface area contributed by atoms with E-state index < -0.39 is 47.0 Å². The van der Waals surface area contributed by atoms with Crippen LogP contribution in [0.5, 0.6) is 5.75 Å². The molecule has 1 rings (SSSR count). The van der Waals surface area contributed by atoms with Crippen LogP contribution in [0.4, 0.5) is 27.6 Å². The highest BCUT2D eigenvalue weighted by Crippen LogP contribution is 2.40. The first-order valence-corrected chi connectivity index (χ1v) is 4.48. The van der Waals surface area contributed by atoms with E-state index in [4.69, 9.17) is 5.11 Å². The predicted octanol–water partition coefficient (Wildman–Crippen LogP) is 2.32. The van der Waals surface area contributed by atoms with E-state index in [0.29, 0.717) is 0 Å². The van der Waals surface area contributed by atoms with Gasteiger partial charge in [-0.3, -0.25) is 15.1 Å². The van der Waals surface area contributed by atoms with Gasteiger partial charge in [0.15, 0.2) is 0 Å². The second-order valence-corrected chi connectivity index (χ2v) is 3.10. The van der Waals surface area contributed by atoms with E-state index in [-0.39, 0.29) is 6.20 Å². The van der Waals surface area contributed by atoms with E-state index in [1.807, 2.05) is 0 Å². The van der Waals surface area contributed by atoms with Crippen LogP contribution in [0.2, 0.25) is 0 Å². The number of hydrogen-bond donors (Lipinski definition) is 1. The Morgan fingerprint density at radius 1 is 1.47 bits per heavy atom. The summed E-state index contributed by atoms with van der Waals surface area (Å²) in [5, 5.41) is 19.4. The van der Waals surface area contributed by atoms with Gasteiger partial charge >= 0.3 is 12.0 Å². The Labute approximate surface area is 101 Å². The van der Waals surface area contributed by atoms with Crippen LogP contribution < -0.4 is 4.74 Å². The van der Waals surface area contributed by atoms with Crippen molar-refractivity contribution in [3.05, 3.63) is 27.6 Å². The van der Waals surface area contributed by atoms with Gasteiger partial charge in [0.2, 0.25) is 5.75 Å². The summed E-state index contributed by atoms with van der Waals surface area (Å²) in [6.07, 6.45) is -8.58. The van der Waals surface area contributed by atoms with E-state index in [1.165, 1.54) is 0 Å². The molecule has 0 fully saturated rings. The van der Waals surface area contributed by atoms with Crippen LogP contribution >= 0.6 is 0 Å². The van der Waals surface area contributed by atoms with Gasteiger partial charge in [-0.1, -0.05) is 0 Å². The van der Waals surface area contributed by atoms with Crippen molar-refractivity contribution in [2.75, 3.05) is 0 Å². The SMILES string of the molecule is O=[N+]([O-])c1c(CO)ncc(C(F)F)c1OC(F)(F)F. The monoisotopic (exact) mass is 288 g/mol. The summed E-state index contributed by atoms with van der Waals surface area (Å²) in [6.45, 7) is -1.10. The number of ether oxygens (including phenoxy) is 1. The van der Waals surface area contributed by atoms with Gasteiger partial charge in [0.1, 0.15) is 5.69 Å². The van der Waals surface area contributed by atoms with Crippen molar-refractivity contribution in [3.8, 4) is 5.75 Å². The van der Waals surface area contributed by atoms with Crippen LogP contribution in [0, 0.1) is 10.1 Å². The number of nitrogens with zero attached hydrogens (tertiary/aromatic N) is 2. The lowest BCUT2D eigenvalue weighted by molar-refractivity contribution is -0.390. The van der Waals surface area contributed by atoms with Crippen LogP contribution in [-0.4, -0.2) is 21.4 Å². The smallest absolute Gasteiger partial charge is 0.398 e. The lowest BCUT2D eigenvalue weighted by Gasteiger charge is -2.13. The first-order valence-electron chi connectivity index (χ1n) is 4.48. The Kier molecular flexibility index (Phi) is 4.19. The molecule has 106 valence electrons. The summed E-state index contributed by atoms with van der Waals surface area (Å²) in [7, 11) is 0. The van der Waals surface area contributed by atoms with Crippen LogP contribution in [0.25, 0.3) is 0 Å². The molecule has 0 saturated carbocycles. The van der Waals surface area contributed by atoms with Gasteiger partial charge < -0.3 is 9.84 Å². The quantitative estimate of drug-likeness (QED) is 0.522. The van der Waals surface area contributed by atoms with Gasteiger partial charge in [0, 0.05) is 6.20 Å². The van der Waals surface area contributed by atoms with Gasteiger partial charge in [0.25, 0.3) is 6.43 Å². The van der Waals surface area contributed by atoms with E-state index in [9.17, 15) is 32.1 Å². The molecule has 11 heteroatoms. The molecule has 0 unspecified atom stereocenters. The molecule has 0 spiro atoms. The third kappa shape index (κ3) is 3.47. The summed E-state index contributed by atoms with van der Waals surface area (Å²) in [5.41, 5.74) is -3.65. The molecule has 0 radical (unpaired) electrons. The van der Waals surface area contributed by atoms with Crippen molar-refractivity contribution in [1.29, 1.82) is 0 Å². The highest BCUT2D eigenvalue weighted by atomic mass is 19.4. The van der Waals surface area contributed by atoms with Crippen LogP contribution in [0.15, 0.2) is 6.20 Å². The Hall–Kier alpha value is -2.04. The van der Waals surface area contributed by atoms with Gasteiger partial charge in [-0.2, -0.15) is 0 Å². The molecule has 0 atom stereocenters. The molecule has 6 nitrogen and oxygen atoms in total. The molecule has 0 aromatic carbocycles. The zero-order valence-electron chi connectivity index (χ0n) is 8.82. The molecule has 1 aromatic rings. The lowest BCUT2D eigenvalue weighted by atomic mass is 10.2. The Morgan fingerprint density at radius 3 is 2.42 bits per heavy atom. The zero-order chi connectivity index (χ0) is 14.8. The van der Waals surface area contributed by atoms with Crippen molar-refractivity contribution in [2.45, 2.75) is 19.4 Å². The normalized spacial score (nSPS) is 11.7. The highest BCUT2D eigenvalue weighted by molar-refractivity contribution is 5.54. The van der Waals surface area contributed by atoms with Gasteiger partial charge in [-0.05, 0) is 0 Å². The molecule has 0 aliphatic rings.